The molecule has 0 atom stereocenters. The van der Waals surface area contributed by atoms with E-state index in [4.69, 9.17) is 9.47 Å². The van der Waals surface area contributed by atoms with Crippen molar-refractivity contribution < 1.29 is 31.1 Å². The van der Waals surface area contributed by atoms with Crippen molar-refractivity contribution in [2.75, 3.05) is 13.3 Å². The van der Waals surface area contributed by atoms with Gasteiger partial charge in [-0.1, -0.05) is 25.1 Å². The SMILES string of the molecule is CCN(Cc1ccc2c(c1)OCO2)S(=O)(=O)c1ccccc1C(F)(F)F. The van der Waals surface area contributed by atoms with Gasteiger partial charge in [-0.05, 0) is 29.8 Å². The van der Waals surface area contributed by atoms with Gasteiger partial charge in [-0.25, -0.2) is 8.42 Å². The molecule has 0 amide bonds. The first kappa shape index (κ1) is 18.5. The minimum Gasteiger partial charge on any atom is -0.454 e. The summed E-state index contributed by atoms with van der Waals surface area (Å²) in [7, 11) is -4.34. The van der Waals surface area contributed by atoms with Gasteiger partial charge < -0.3 is 9.47 Å². The smallest absolute Gasteiger partial charge is 0.417 e. The van der Waals surface area contributed by atoms with Crippen LogP contribution in [-0.4, -0.2) is 26.1 Å². The first-order valence-electron chi connectivity index (χ1n) is 7.78. The van der Waals surface area contributed by atoms with Gasteiger partial charge in [-0.15, -0.1) is 0 Å². The lowest BCUT2D eigenvalue weighted by Crippen LogP contribution is -2.32. The largest absolute Gasteiger partial charge is 0.454 e. The van der Waals surface area contributed by atoms with Gasteiger partial charge in [0.1, 0.15) is 0 Å². The van der Waals surface area contributed by atoms with Crippen LogP contribution in [0, 0.1) is 0 Å². The first-order chi connectivity index (χ1) is 12.2. The summed E-state index contributed by atoms with van der Waals surface area (Å²) in [5, 5.41) is 0. The summed E-state index contributed by atoms with van der Waals surface area (Å²) in [6.45, 7) is 1.58. The second kappa shape index (κ2) is 6.81. The van der Waals surface area contributed by atoms with Gasteiger partial charge >= 0.3 is 6.18 Å². The molecule has 1 aliphatic rings. The molecule has 2 aromatic carbocycles. The molecule has 3 rings (SSSR count). The van der Waals surface area contributed by atoms with Crippen LogP contribution in [-0.2, 0) is 22.7 Å². The number of ether oxygens (including phenoxy) is 2. The van der Waals surface area contributed by atoms with Crippen molar-refractivity contribution in [2.45, 2.75) is 24.5 Å². The molecule has 0 aliphatic carbocycles. The number of hydrogen-bond donors (Lipinski definition) is 0. The highest BCUT2D eigenvalue weighted by atomic mass is 32.2. The van der Waals surface area contributed by atoms with Crippen molar-refractivity contribution in [2.24, 2.45) is 0 Å². The first-order valence-corrected chi connectivity index (χ1v) is 9.22. The van der Waals surface area contributed by atoms with Gasteiger partial charge in [-0.3, -0.25) is 0 Å². The van der Waals surface area contributed by atoms with Gasteiger partial charge in [0.25, 0.3) is 0 Å². The van der Waals surface area contributed by atoms with Crippen molar-refractivity contribution in [3.8, 4) is 11.5 Å². The fraction of sp³-hybridized carbons (Fsp3) is 0.294. The molecule has 140 valence electrons. The molecule has 9 heteroatoms. The van der Waals surface area contributed by atoms with E-state index in [0.717, 1.165) is 22.5 Å². The Balaban J connectivity index is 1.95. The van der Waals surface area contributed by atoms with E-state index in [1.807, 2.05) is 0 Å². The van der Waals surface area contributed by atoms with Crippen LogP contribution in [0.25, 0.3) is 0 Å². The summed E-state index contributed by atoms with van der Waals surface area (Å²) in [4.78, 5) is -0.755. The van der Waals surface area contributed by atoms with Crippen molar-refractivity contribution in [1.29, 1.82) is 0 Å². The minimum absolute atomic E-state index is 0.0168. The van der Waals surface area contributed by atoms with Gasteiger partial charge in [0.15, 0.2) is 11.5 Å². The molecule has 0 saturated heterocycles. The van der Waals surface area contributed by atoms with Crippen LogP contribution in [0.15, 0.2) is 47.4 Å². The third-order valence-corrected chi connectivity index (χ3v) is 5.94. The number of halogens is 3. The lowest BCUT2D eigenvalue weighted by molar-refractivity contribution is -0.139. The molecule has 1 heterocycles. The predicted octanol–water partition coefficient (Wildman–Crippen LogP) is 3.64. The molecular formula is C17H16F3NO4S. The lowest BCUT2D eigenvalue weighted by Gasteiger charge is -2.23. The second-order valence-electron chi connectivity index (χ2n) is 5.61. The highest BCUT2D eigenvalue weighted by molar-refractivity contribution is 7.89. The van der Waals surface area contributed by atoms with Crippen LogP contribution in [0.1, 0.15) is 18.1 Å². The molecule has 1 aliphatic heterocycles. The summed E-state index contributed by atoms with van der Waals surface area (Å²) >= 11 is 0. The van der Waals surface area contributed by atoms with Crippen molar-refractivity contribution >= 4 is 10.0 Å². The number of nitrogens with zero attached hydrogens (tertiary/aromatic N) is 1. The molecule has 0 fully saturated rings. The Labute approximate surface area is 149 Å². The van der Waals surface area contributed by atoms with E-state index in [9.17, 15) is 21.6 Å². The fourth-order valence-electron chi connectivity index (χ4n) is 2.67. The zero-order chi connectivity index (χ0) is 18.9. The zero-order valence-electron chi connectivity index (χ0n) is 13.8. The Kier molecular flexibility index (Phi) is 4.85. The molecule has 0 radical (unpaired) electrons. The maximum absolute atomic E-state index is 13.2. The van der Waals surface area contributed by atoms with E-state index < -0.39 is 26.7 Å². The number of benzene rings is 2. The maximum atomic E-state index is 13.2. The van der Waals surface area contributed by atoms with Crippen LogP contribution >= 0.6 is 0 Å². The van der Waals surface area contributed by atoms with Crippen LogP contribution in [0.4, 0.5) is 13.2 Å². The van der Waals surface area contributed by atoms with E-state index in [-0.39, 0.29) is 19.9 Å². The van der Waals surface area contributed by atoms with Crippen LogP contribution in [0.3, 0.4) is 0 Å². The lowest BCUT2D eigenvalue weighted by atomic mass is 10.2. The molecule has 0 N–H and O–H groups in total. The number of fused-ring (bicyclic) bond motifs is 1. The van der Waals surface area contributed by atoms with Gasteiger partial charge in [0.05, 0.1) is 10.5 Å². The Morgan fingerprint density at radius 2 is 1.77 bits per heavy atom. The number of rotatable bonds is 5. The second-order valence-corrected chi connectivity index (χ2v) is 7.52. The van der Waals surface area contributed by atoms with Crippen LogP contribution in [0.2, 0.25) is 0 Å². The number of sulfonamides is 1. The highest BCUT2D eigenvalue weighted by Gasteiger charge is 2.38. The quantitative estimate of drug-likeness (QED) is 0.786. The summed E-state index contributed by atoms with van der Waals surface area (Å²) < 4.78 is 76.7. The average Bonchev–Trinajstić information content (AvgIpc) is 3.06. The maximum Gasteiger partial charge on any atom is 0.417 e. The molecule has 26 heavy (non-hydrogen) atoms. The van der Waals surface area contributed by atoms with Crippen LogP contribution in [0.5, 0.6) is 11.5 Å². The normalized spacial score (nSPS) is 14.0. The van der Waals surface area contributed by atoms with Gasteiger partial charge in [0.2, 0.25) is 16.8 Å². The van der Waals surface area contributed by atoms with Crippen LogP contribution < -0.4 is 9.47 Å². The van der Waals surface area contributed by atoms with Crippen molar-refractivity contribution in [3.63, 3.8) is 0 Å². The summed E-state index contributed by atoms with van der Waals surface area (Å²) in [5.74, 6) is 1.02. The minimum atomic E-state index is -4.76. The monoisotopic (exact) mass is 387 g/mol. The van der Waals surface area contributed by atoms with Gasteiger partial charge in [-0.2, -0.15) is 17.5 Å². The molecule has 0 saturated carbocycles. The number of hydrogen-bond acceptors (Lipinski definition) is 4. The Morgan fingerprint density at radius 3 is 2.46 bits per heavy atom. The van der Waals surface area contributed by atoms with E-state index in [1.165, 1.54) is 6.07 Å². The number of alkyl halides is 3. The molecule has 5 nitrogen and oxygen atoms in total. The van der Waals surface area contributed by atoms with Gasteiger partial charge in [0, 0.05) is 13.1 Å². The molecule has 0 spiro atoms. The predicted molar refractivity (Wildman–Crippen MR) is 87.3 cm³/mol. The Morgan fingerprint density at radius 1 is 1.08 bits per heavy atom. The Hall–Kier alpha value is -2.26. The molecule has 0 aromatic heterocycles. The van der Waals surface area contributed by atoms with E-state index in [2.05, 4.69) is 0 Å². The third-order valence-electron chi connectivity index (χ3n) is 3.96. The van der Waals surface area contributed by atoms with E-state index in [1.54, 1.807) is 25.1 Å². The van der Waals surface area contributed by atoms with E-state index in [0.29, 0.717) is 17.1 Å². The summed E-state index contributed by atoms with van der Waals surface area (Å²) in [5.41, 5.74) is -0.590. The molecule has 0 unspecified atom stereocenters. The highest BCUT2D eigenvalue weighted by Crippen LogP contribution is 2.36. The third kappa shape index (κ3) is 3.49. The zero-order valence-corrected chi connectivity index (χ0v) is 14.6. The topological polar surface area (TPSA) is 55.8 Å². The molecule has 0 bridgehead atoms. The average molecular weight is 387 g/mol. The van der Waals surface area contributed by atoms with Crippen molar-refractivity contribution in [3.05, 3.63) is 53.6 Å². The van der Waals surface area contributed by atoms with Crippen molar-refractivity contribution in [1.82, 2.24) is 4.31 Å². The fourth-order valence-corrected chi connectivity index (χ4v) is 4.32. The molecular weight excluding hydrogens is 371 g/mol. The van der Waals surface area contributed by atoms with E-state index >= 15 is 0 Å². The Bertz CT molecular complexity index is 912. The summed E-state index contributed by atoms with van der Waals surface area (Å²) in [6, 6.07) is 9.09. The molecule has 2 aromatic rings. The standard InChI is InChI=1S/C17H16F3NO4S/c1-2-21(10-12-7-8-14-15(9-12)25-11-24-14)26(22,23)16-6-4-3-5-13(16)17(18,19)20/h3-9H,2,10-11H2,1H3. The summed E-state index contributed by atoms with van der Waals surface area (Å²) in [6.07, 6.45) is -4.76.